The van der Waals surface area contributed by atoms with Gasteiger partial charge in [-0.3, -0.25) is 28.8 Å². The highest BCUT2D eigenvalue weighted by Crippen LogP contribution is 2.44. The molecule has 4 aliphatic heterocycles. The Hall–Kier alpha value is -5.76. The zero-order valence-corrected chi connectivity index (χ0v) is 31.4. The molecule has 1 unspecified atom stereocenters. The molecular weight excluding hydrogens is 711 g/mol. The van der Waals surface area contributed by atoms with E-state index in [4.69, 9.17) is 9.72 Å². The van der Waals surface area contributed by atoms with Crippen molar-refractivity contribution < 1.29 is 19.1 Å². The number of anilines is 2. The second-order valence-corrected chi connectivity index (χ2v) is 16.2. The molecule has 7 heterocycles. The highest BCUT2D eigenvalue weighted by atomic mass is 16.5. The summed E-state index contributed by atoms with van der Waals surface area (Å²) < 4.78 is 9.63. The molecule has 1 saturated carbocycles. The van der Waals surface area contributed by atoms with Crippen molar-refractivity contribution >= 4 is 40.1 Å². The maximum absolute atomic E-state index is 13.2. The third-order valence-electron chi connectivity index (χ3n) is 12.8. The molecule has 3 aromatic heterocycles. The largest absolute Gasteiger partial charge is 0.371 e. The lowest BCUT2D eigenvalue weighted by Crippen LogP contribution is -2.54. The van der Waals surface area contributed by atoms with Crippen molar-refractivity contribution in [1.82, 2.24) is 34.7 Å². The number of aryl methyl sites for hydroxylation is 1. The van der Waals surface area contributed by atoms with E-state index in [0.29, 0.717) is 24.3 Å². The number of piperidine rings is 2. The molecule has 14 nitrogen and oxygen atoms in total. The number of benzene rings is 2. The molecular formula is C42H45N9O5. The molecule has 1 atom stereocenters. The molecule has 1 spiro atoms. The highest BCUT2D eigenvalue weighted by molar-refractivity contribution is 6.00. The average Bonchev–Trinajstić information content (AvgIpc) is 3.93. The van der Waals surface area contributed by atoms with Crippen molar-refractivity contribution in [3.8, 4) is 22.8 Å². The second kappa shape index (κ2) is 13.5. The van der Waals surface area contributed by atoms with Gasteiger partial charge in [-0.25, -0.2) is 14.8 Å². The molecule has 0 bridgehead atoms. The minimum absolute atomic E-state index is 0.00520. The number of imide groups is 1. The van der Waals surface area contributed by atoms with Crippen molar-refractivity contribution in [3.05, 3.63) is 82.5 Å². The molecule has 3 N–H and O–H groups in total. The van der Waals surface area contributed by atoms with Crippen molar-refractivity contribution in [2.75, 3.05) is 42.5 Å². The molecule has 3 amide bonds. The minimum atomic E-state index is -0.696. The first-order chi connectivity index (χ1) is 27.2. The first-order valence-electron chi connectivity index (χ1n) is 19.9. The normalized spacial score (nSPS) is 21.4. The lowest BCUT2D eigenvalue weighted by molar-refractivity contribution is -0.135. The van der Waals surface area contributed by atoms with E-state index in [9.17, 15) is 19.2 Å². The summed E-state index contributed by atoms with van der Waals surface area (Å²) in [5, 5.41) is 5.48. The predicted octanol–water partition coefficient (Wildman–Crippen LogP) is 4.20. The number of imidazole rings is 1. The van der Waals surface area contributed by atoms with Crippen molar-refractivity contribution in [1.29, 1.82) is 0 Å². The monoisotopic (exact) mass is 755 g/mol. The van der Waals surface area contributed by atoms with Gasteiger partial charge in [-0.1, -0.05) is 12.8 Å². The van der Waals surface area contributed by atoms with Gasteiger partial charge in [0, 0.05) is 80.4 Å². The summed E-state index contributed by atoms with van der Waals surface area (Å²) in [4.78, 5) is 67.9. The number of aromatic amines is 1. The minimum Gasteiger partial charge on any atom is -0.371 e. The van der Waals surface area contributed by atoms with Crippen molar-refractivity contribution in [3.63, 3.8) is 0 Å². The van der Waals surface area contributed by atoms with E-state index in [1.54, 1.807) is 17.8 Å². The van der Waals surface area contributed by atoms with Crippen molar-refractivity contribution in [2.24, 2.45) is 7.05 Å². The Morgan fingerprint density at radius 2 is 1.61 bits per heavy atom. The Labute approximate surface area is 323 Å². The molecule has 2 aromatic carbocycles. The van der Waals surface area contributed by atoms with Gasteiger partial charge in [0.15, 0.2) is 5.82 Å². The number of fused-ring (bicyclic) bond motifs is 3. The molecule has 288 valence electrons. The van der Waals surface area contributed by atoms with Gasteiger partial charge in [-0.15, -0.1) is 0 Å². The highest BCUT2D eigenvalue weighted by Gasteiger charge is 2.43. The van der Waals surface area contributed by atoms with Crippen LogP contribution in [-0.4, -0.2) is 86.7 Å². The number of rotatable bonds is 7. The first-order valence-corrected chi connectivity index (χ1v) is 19.9. The van der Waals surface area contributed by atoms with E-state index in [0.717, 1.165) is 91.3 Å². The fourth-order valence-electron chi connectivity index (χ4n) is 9.61. The zero-order chi connectivity index (χ0) is 38.1. The van der Waals surface area contributed by atoms with E-state index in [1.165, 1.54) is 23.1 Å². The van der Waals surface area contributed by atoms with Gasteiger partial charge in [0.05, 0.1) is 40.2 Å². The number of nitrogens with one attached hydrogen (secondary N) is 3. The molecule has 1 aliphatic carbocycles. The first kappa shape index (κ1) is 34.7. The fraction of sp³-hybridized carbons (Fsp3) is 0.429. The van der Waals surface area contributed by atoms with Crippen LogP contribution < -0.4 is 26.1 Å². The zero-order valence-electron chi connectivity index (χ0n) is 31.4. The second-order valence-electron chi connectivity index (χ2n) is 16.2. The van der Waals surface area contributed by atoms with Crippen molar-refractivity contribution in [2.45, 2.75) is 75.0 Å². The summed E-state index contributed by atoms with van der Waals surface area (Å²) in [6.45, 7) is 4.07. The van der Waals surface area contributed by atoms with Crippen LogP contribution in [-0.2, 0) is 26.8 Å². The SMILES string of the molecule is Cn1c(=O)n(C2CCC(=O)NC2=O)c2ccc(N3CC(OC4CCN(c5ccc(-c6nccc(-c7cc8c([nH]7)C7(CCCC7)CNC8=O)n6)cc5)CC4)C3)cc21. The van der Waals surface area contributed by atoms with Crippen LogP contribution in [0, 0.1) is 0 Å². The molecule has 4 fully saturated rings. The summed E-state index contributed by atoms with van der Waals surface area (Å²) >= 11 is 0. The van der Waals surface area contributed by atoms with E-state index in [1.807, 2.05) is 30.3 Å². The average molecular weight is 756 g/mol. The van der Waals surface area contributed by atoms with Crippen LogP contribution in [0.15, 0.2) is 65.6 Å². The summed E-state index contributed by atoms with van der Waals surface area (Å²) in [6, 6.07) is 17.5. The molecule has 3 saturated heterocycles. The molecule has 10 rings (SSSR count). The van der Waals surface area contributed by atoms with E-state index in [2.05, 4.69) is 54.7 Å². The maximum Gasteiger partial charge on any atom is 0.329 e. The van der Waals surface area contributed by atoms with Crippen LogP contribution in [0.5, 0.6) is 0 Å². The summed E-state index contributed by atoms with van der Waals surface area (Å²) in [5.41, 5.74) is 7.74. The number of ether oxygens (including phenoxy) is 1. The van der Waals surface area contributed by atoms with E-state index in [-0.39, 0.29) is 41.5 Å². The lowest BCUT2D eigenvalue weighted by Gasteiger charge is -2.43. The van der Waals surface area contributed by atoms with Gasteiger partial charge < -0.3 is 24.8 Å². The maximum atomic E-state index is 13.2. The van der Waals surface area contributed by atoms with E-state index < -0.39 is 11.9 Å². The smallest absolute Gasteiger partial charge is 0.329 e. The third-order valence-corrected chi connectivity index (χ3v) is 12.8. The summed E-state index contributed by atoms with van der Waals surface area (Å²) in [7, 11) is 1.72. The lowest BCUT2D eigenvalue weighted by atomic mass is 9.78. The quantitative estimate of drug-likeness (QED) is 0.207. The van der Waals surface area contributed by atoms with Crippen LogP contribution in [0.3, 0.4) is 0 Å². The van der Waals surface area contributed by atoms with Crippen LogP contribution in [0.2, 0.25) is 0 Å². The van der Waals surface area contributed by atoms with Crippen LogP contribution in [0.1, 0.15) is 73.5 Å². The van der Waals surface area contributed by atoms with E-state index >= 15 is 0 Å². The molecule has 0 radical (unpaired) electrons. The third kappa shape index (κ3) is 5.89. The Bertz CT molecular complexity index is 2430. The van der Waals surface area contributed by atoms with Gasteiger partial charge >= 0.3 is 5.69 Å². The number of hydrogen-bond donors (Lipinski definition) is 3. The van der Waals surface area contributed by atoms with Crippen LogP contribution >= 0.6 is 0 Å². The topological polar surface area (TPSA) is 159 Å². The standard InChI is InChI=1S/C42H45N9O5/c1-48-35-20-27(8-9-33(35)51(41(48)55)34-10-11-36(52)47-40(34)54)50-22-29(23-50)56-28-13-18-49(19-14-28)26-6-4-25(5-7-26)38-43-17-12-31(46-38)32-21-30-37(45-32)42(15-2-3-16-42)24-44-39(30)53/h4-9,12,17,20-21,28-29,34,45H,2-3,10-11,13-16,18-19,22-24H2,1H3,(H,44,53)(H,47,52,54). The molecule has 14 heteroatoms. The Morgan fingerprint density at radius 3 is 2.38 bits per heavy atom. The number of nitrogens with zero attached hydrogens (tertiary/aromatic N) is 6. The number of carbonyl (C=O) groups excluding carboxylic acids is 3. The van der Waals surface area contributed by atoms with Gasteiger partial charge in [-0.2, -0.15) is 0 Å². The fourth-order valence-corrected chi connectivity index (χ4v) is 9.61. The Kier molecular flexibility index (Phi) is 8.35. The summed E-state index contributed by atoms with van der Waals surface area (Å²) in [6.07, 6.45) is 9.10. The number of carbonyl (C=O) groups is 3. The number of hydrogen-bond acceptors (Lipinski definition) is 9. The molecule has 5 aliphatic rings. The number of amides is 3. The predicted molar refractivity (Wildman–Crippen MR) is 211 cm³/mol. The molecule has 56 heavy (non-hydrogen) atoms. The Balaban J connectivity index is 0.741. The van der Waals surface area contributed by atoms with Crippen LogP contribution in [0.4, 0.5) is 11.4 Å². The van der Waals surface area contributed by atoms with Gasteiger partial charge in [0.2, 0.25) is 11.8 Å². The van der Waals surface area contributed by atoms with Gasteiger partial charge in [-0.05, 0) is 86.7 Å². The van der Waals surface area contributed by atoms with Crippen LogP contribution in [0.25, 0.3) is 33.8 Å². The number of aromatic nitrogens is 5. The van der Waals surface area contributed by atoms with Gasteiger partial charge in [0.25, 0.3) is 5.91 Å². The number of H-pyrrole nitrogens is 1. The molecule has 5 aromatic rings. The van der Waals surface area contributed by atoms with Gasteiger partial charge in [0.1, 0.15) is 6.04 Å². The summed E-state index contributed by atoms with van der Waals surface area (Å²) in [5.74, 6) is -0.0958. The Morgan fingerprint density at radius 1 is 0.839 bits per heavy atom.